The van der Waals surface area contributed by atoms with Crippen LogP contribution < -0.4 is 0 Å². The molecule has 7 heteroatoms. The van der Waals surface area contributed by atoms with E-state index in [1.54, 1.807) is 0 Å². The number of hydrogen-bond donors (Lipinski definition) is 0. The molecule has 0 saturated carbocycles. The van der Waals surface area contributed by atoms with E-state index >= 15 is 0 Å². The van der Waals surface area contributed by atoms with Crippen LogP contribution >= 0.6 is 31.4 Å². The van der Waals surface area contributed by atoms with Crippen LogP contribution in [-0.2, 0) is 14.4 Å². The summed E-state index contributed by atoms with van der Waals surface area (Å²) in [6.07, 6.45) is 39.0. The van der Waals surface area contributed by atoms with Crippen molar-refractivity contribution in [1.29, 1.82) is 0 Å². The van der Waals surface area contributed by atoms with Gasteiger partial charge in [-0.25, -0.2) is 0 Å². The van der Waals surface area contributed by atoms with Gasteiger partial charge in [0.05, 0.1) is 0 Å². The second-order valence-electron chi connectivity index (χ2n) is 13.7. The summed E-state index contributed by atoms with van der Waals surface area (Å²) in [4.78, 5) is 39.8. The van der Waals surface area contributed by atoms with Crippen molar-refractivity contribution in [3.8, 4) is 0 Å². The van der Waals surface area contributed by atoms with Gasteiger partial charge in [-0.2, -0.15) is 0 Å². The second kappa shape index (κ2) is 37.8. The molecule has 0 aromatic rings. The number of unbranched alkanes of at least 4 members (excludes halogenated alkanes) is 17. The average Bonchev–Trinajstić information content (AvgIpc) is 3.07. The molecule has 0 aromatic heterocycles. The third kappa shape index (κ3) is 35.4. The van der Waals surface area contributed by atoms with Crippen molar-refractivity contribution in [2.45, 2.75) is 174 Å². The molecule has 0 spiro atoms. The molecule has 48 heavy (non-hydrogen) atoms. The van der Waals surface area contributed by atoms with Crippen molar-refractivity contribution >= 4 is 47.2 Å². The summed E-state index contributed by atoms with van der Waals surface area (Å²) in [6, 6.07) is 0. The molecule has 0 rings (SSSR count). The maximum atomic E-state index is 13.2. The summed E-state index contributed by atoms with van der Waals surface area (Å²) in [5.74, 6) is 1.63. The summed E-state index contributed by atoms with van der Waals surface area (Å²) in [7, 11) is 3.66. The zero-order valence-electron chi connectivity index (χ0n) is 32.0. The zero-order chi connectivity index (χ0) is 35.3. The van der Waals surface area contributed by atoms with E-state index in [1.165, 1.54) is 101 Å². The van der Waals surface area contributed by atoms with Gasteiger partial charge in [-0.1, -0.05) is 139 Å². The first-order valence-electron chi connectivity index (χ1n) is 19.9. The molecule has 0 radical (unpaired) electrons. The number of carbonyl (C=O) groups is 3. The molecule has 0 saturated heterocycles. The van der Waals surface area contributed by atoms with Crippen LogP contribution in [0.5, 0.6) is 0 Å². The minimum Gasteiger partial charge on any atom is -0.309 e. The van der Waals surface area contributed by atoms with Gasteiger partial charge in [0, 0.05) is 30.8 Å². The molecule has 0 amide bonds. The van der Waals surface area contributed by atoms with E-state index in [1.807, 2.05) is 0 Å². The first-order valence-corrected chi connectivity index (χ1v) is 23.6. The van der Waals surface area contributed by atoms with Gasteiger partial charge < -0.3 is 4.90 Å². The summed E-state index contributed by atoms with van der Waals surface area (Å²) >= 11 is 2.94. The monoisotopic (exact) mass is 726 g/mol. The highest BCUT2D eigenvalue weighted by Gasteiger charge is 2.17. The fourth-order valence-corrected chi connectivity index (χ4v) is 9.43. The predicted octanol–water partition coefficient (Wildman–Crippen LogP) is 13.0. The Balaban J connectivity index is 4.12. The van der Waals surface area contributed by atoms with Crippen LogP contribution in [0.1, 0.15) is 174 Å². The molecule has 0 atom stereocenters. The number of hydrogen-bond acceptors (Lipinski definition) is 6. The lowest BCUT2D eigenvalue weighted by molar-refractivity contribution is -0.112. The molecular formula is C41H76NO3PS2. The van der Waals surface area contributed by atoms with E-state index in [-0.39, 0.29) is 0 Å². The highest BCUT2D eigenvalue weighted by molar-refractivity contribution is 8.14. The zero-order valence-corrected chi connectivity index (χ0v) is 34.5. The van der Waals surface area contributed by atoms with Gasteiger partial charge in [-0.05, 0) is 105 Å². The fourth-order valence-electron chi connectivity index (χ4n) is 5.60. The number of thioether (sulfide) groups is 2. The van der Waals surface area contributed by atoms with Crippen molar-refractivity contribution in [1.82, 2.24) is 4.90 Å². The Morgan fingerprint density at radius 1 is 0.500 bits per heavy atom. The van der Waals surface area contributed by atoms with Crippen molar-refractivity contribution in [3.05, 3.63) is 24.3 Å². The van der Waals surface area contributed by atoms with Crippen LogP contribution in [0.4, 0.5) is 0 Å². The van der Waals surface area contributed by atoms with E-state index in [4.69, 9.17) is 0 Å². The maximum absolute atomic E-state index is 13.2. The first kappa shape index (κ1) is 47.6. The van der Waals surface area contributed by atoms with E-state index in [2.05, 4.69) is 57.1 Å². The Hall–Kier alpha value is -0.420. The molecule has 0 unspecified atom stereocenters. The number of allylic oxidation sites excluding steroid dienone is 2. The molecule has 0 aliphatic rings. The van der Waals surface area contributed by atoms with Crippen LogP contribution in [0.2, 0.25) is 0 Å². The molecule has 0 heterocycles. The van der Waals surface area contributed by atoms with Crippen molar-refractivity contribution in [2.24, 2.45) is 0 Å². The van der Waals surface area contributed by atoms with Gasteiger partial charge >= 0.3 is 0 Å². The Bertz CT molecular complexity index is 766. The average molecular weight is 726 g/mol. The normalized spacial score (nSPS) is 12.0. The molecule has 0 aliphatic carbocycles. The Labute approximate surface area is 308 Å². The predicted molar refractivity (Wildman–Crippen MR) is 220 cm³/mol. The number of nitrogens with zero attached hydrogens (tertiary/aromatic N) is 1. The molecule has 0 fully saturated rings. The van der Waals surface area contributed by atoms with E-state index in [0.717, 1.165) is 101 Å². The smallest absolute Gasteiger partial charge is 0.189 e. The number of carbonyl (C=O) groups excluding carboxylic acids is 3. The SMILES string of the molecule is CCCCCC/C=C\CSC(=O)CCCCCCCP(CCCCCCCC(=O)SC/C=C\CCCCCC)C(=O)CCCCN(C)C. The Kier molecular flexibility index (Phi) is 37.5. The van der Waals surface area contributed by atoms with Gasteiger partial charge in [-0.15, -0.1) is 0 Å². The van der Waals surface area contributed by atoms with E-state index in [9.17, 15) is 14.4 Å². The lowest BCUT2D eigenvalue weighted by Crippen LogP contribution is -2.13. The lowest BCUT2D eigenvalue weighted by Gasteiger charge is -2.17. The highest BCUT2D eigenvalue weighted by atomic mass is 32.2. The molecule has 280 valence electrons. The molecule has 0 aliphatic heterocycles. The van der Waals surface area contributed by atoms with Crippen molar-refractivity contribution in [3.63, 3.8) is 0 Å². The molecule has 4 nitrogen and oxygen atoms in total. The van der Waals surface area contributed by atoms with Gasteiger partial charge in [-0.3, -0.25) is 14.4 Å². The summed E-state index contributed by atoms with van der Waals surface area (Å²) in [5.41, 5.74) is 0.541. The first-order chi connectivity index (χ1) is 23.4. The van der Waals surface area contributed by atoms with Gasteiger partial charge in [0.25, 0.3) is 0 Å². The number of rotatable bonds is 36. The van der Waals surface area contributed by atoms with Crippen LogP contribution in [0.25, 0.3) is 0 Å². The molecule has 0 N–H and O–H groups in total. The van der Waals surface area contributed by atoms with Crippen LogP contribution in [0.3, 0.4) is 0 Å². The molecule has 0 bridgehead atoms. The van der Waals surface area contributed by atoms with Crippen LogP contribution in [0, 0.1) is 0 Å². The quantitative estimate of drug-likeness (QED) is 0.0364. The van der Waals surface area contributed by atoms with Crippen LogP contribution in [0.15, 0.2) is 24.3 Å². The minimum atomic E-state index is -0.534. The van der Waals surface area contributed by atoms with Crippen molar-refractivity contribution in [2.75, 3.05) is 44.5 Å². The maximum Gasteiger partial charge on any atom is 0.189 e. The minimum absolute atomic E-state index is 0.329. The van der Waals surface area contributed by atoms with E-state index in [0.29, 0.717) is 28.6 Å². The molecule has 0 aromatic carbocycles. The molecular weight excluding hydrogens is 650 g/mol. The summed E-state index contributed by atoms with van der Waals surface area (Å²) in [6.45, 7) is 5.53. The third-order valence-electron chi connectivity index (χ3n) is 8.68. The van der Waals surface area contributed by atoms with Crippen molar-refractivity contribution < 1.29 is 14.4 Å². The van der Waals surface area contributed by atoms with Gasteiger partial charge in [0.2, 0.25) is 0 Å². The summed E-state index contributed by atoms with van der Waals surface area (Å²) in [5, 5.41) is 0.659. The second-order valence-corrected chi connectivity index (χ2v) is 18.3. The lowest BCUT2D eigenvalue weighted by atomic mass is 10.1. The van der Waals surface area contributed by atoms with Crippen LogP contribution in [-0.4, -0.2) is 65.1 Å². The summed E-state index contributed by atoms with van der Waals surface area (Å²) < 4.78 is 0. The Morgan fingerprint density at radius 3 is 1.38 bits per heavy atom. The fraction of sp³-hybridized carbons (Fsp3) is 0.829. The topological polar surface area (TPSA) is 54.5 Å². The highest BCUT2D eigenvalue weighted by Crippen LogP contribution is 2.41. The Morgan fingerprint density at radius 2 is 0.917 bits per heavy atom. The third-order valence-corrected chi connectivity index (χ3v) is 13.1. The largest absolute Gasteiger partial charge is 0.309 e. The van der Waals surface area contributed by atoms with Gasteiger partial charge in [0.1, 0.15) is 0 Å². The van der Waals surface area contributed by atoms with E-state index < -0.39 is 7.92 Å². The van der Waals surface area contributed by atoms with Gasteiger partial charge in [0.15, 0.2) is 15.8 Å². The standard InChI is InChI=1S/C41H76NO3PS2/c1-5-7-9-11-13-21-29-37-47-40(44)32-23-17-15-19-27-35-46(39(43)31-25-26-34-42(3)4)36-28-20-16-18-24-33-41(45)48-38-30-22-14-12-10-8-6-2/h21-22,29-30H,5-20,23-28,31-38H2,1-4H3/b29-21-,30-22-.